The quantitative estimate of drug-likeness (QED) is 0.379. The predicted octanol–water partition coefficient (Wildman–Crippen LogP) is 4.90. The van der Waals surface area contributed by atoms with E-state index < -0.39 is 8.32 Å². The molecular formula is C21H27BrOSi. The van der Waals surface area contributed by atoms with Gasteiger partial charge in [0.2, 0.25) is 0 Å². The zero-order valence-corrected chi connectivity index (χ0v) is 17.6. The van der Waals surface area contributed by atoms with Crippen LogP contribution in [0.15, 0.2) is 72.3 Å². The summed E-state index contributed by atoms with van der Waals surface area (Å²) >= 11 is 3.57. The van der Waals surface area contributed by atoms with Gasteiger partial charge in [0.25, 0.3) is 8.32 Å². The molecule has 0 radical (unpaired) electrons. The molecule has 2 aromatic rings. The fourth-order valence-corrected chi connectivity index (χ4v) is 8.20. The SMILES string of the molecule is C/C=C(\CBr)CO[Si](c1ccccc1)(c1ccccc1)C(C)(C)C. The minimum absolute atomic E-state index is 0.0286. The predicted molar refractivity (Wildman–Crippen MR) is 111 cm³/mol. The van der Waals surface area contributed by atoms with Crippen LogP contribution in [0.4, 0.5) is 0 Å². The highest BCUT2D eigenvalue weighted by Crippen LogP contribution is 2.37. The Bertz CT molecular complexity index is 620. The molecule has 0 amide bonds. The van der Waals surface area contributed by atoms with Gasteiger partial charge in [-0.2, -0.15) is 0 Å². The first-order chi connectivity index (χ1) is 11.5. The Labute approximate surface area is 156 Å². The minimum Gasteiger partial charge on any atom is -0.403 e. The van der Waals surface area contributed by atoms with Crippen molar-refractivity contribution < 1.29 is 4.43 Å². The van der Waals surface area contributed by atoms with Crippen molar-refractivity contribution in [3.8, 4) is 0 Å². The molecule has 0 aliphatic rings. The van der Waals surface area contributed by atoms with Crippen molar-refractivity contribution >= 4 is 34.6 Å². The first kappa shape index (κ1) is 19.2. The molecule has 0 aromatic heterocycles. The maximum Gasteiger partial charge on any atom is 0.261 e. The Morgan fingerprint density at radius 3 is 1.75 bits per heavy atom. The molecule has 1 nitrogen and oxygen atoms in total. The summed E-state index contributed by atoms with van der Waals surface area (Å²) in [6.07, 6.45) is 2.15. The third kappa shape index (κ3) is 3.90. The van der Waals surface area contributed by atoms with Gasteiger partial charge in [-0.1, -0.05) is 103 Å². The average Bonchev–Trinajstić information content (AvgIpc) is 2.59. The first-order valence-corrected chi connectivity index (χ1v) is 11.4. The largest absolute Gasteiger partial charge is 0.403 e. The van der Waals surface area contributed by atoms with Crippen molar-refractivity contribution in [3.05, 3.63) is 72.3 Å². The Morgan fingerprint density at radius 1 is 0.958 bits per heavy atom. The van der Waals surface area contributed by atoms with Crippen LogP contribution in [-0.2, 0) is 4.43 Å². The number of hydrogen-bond donors (Lipinski definition) is 0. The third-order valence-corrected chi connectivity index (χ3v) is 10.2. The van der Waals surface area contributed by atoms with E-state index in [9.17, 15) is 0 Å². The molecular weight excluding hydrogens is 376 g/mol. The first-order valence-electron chi connectivity index (χ1n) is 8.40. The minimum atomic E-state index is -2.41. The summed E-state index contributed by atoms with van der Waals surface area (Å²) in [5, 5.41) is 3.53. The summed E-state index contributed by atoms with van der Waals surface area (Å²) in [4.78, 5) is 0. The van der Waals surface area contributed by atoms with Gasteiger partial charge in [-0.3, -0.25) is 0 Å². The molecule has 0 aliphatic carbocycles. The molecule has 0 heterocycles. The summed E-state index contributed by atoms with van der Waals surface area (Å²) in [5.41, 5.74) is 1.28. The van der Waals surface area contributed by atoms with Gasteiger partial charge in [0, 0.05) is 5.33 Å². The van der Waals surface area contributed by atoms with E-state index in [2.05, 4.69) is 110 Å². The average molecular weight is 403 g/mol. The smallest absolute Gasteiger partial charge is 0.261 e. The van der Waals surface area contributed by atoms with Gasteiger partial charge in [0.05, 0.1) is 6.61 Å². The second kappa shape index (κ2) is 8.28. The zero-order chi connectivity index (χ0) is 17.6. The molecule has 0 saturated heterocycles. The van der Waals surface area contributed by atoms with Crippen molar-refractivity contribution in [2.75, 3.05) is 11.9 Å². The number of hydrogen-bond acceptors (Lipinski definition) is 1. The molecule has 0 aliphatic heterocycles. The topological polar surface area (TPSA) is 9.23 Å². The second-order valence-corrected chi connectivity index (χ2v) is 11.9. The van der Waals surface area contributed by atoms with Gasteiger partial charge < -0.3 is 4.43 Å². The fourth-order valence-electron chi connectivity index (χ4n) is 3.16. The van der Waals surface area contributed by atoms with E-state index >= 15 is 0 Å². The second-order valence-electron chi connectivity index (χ2n) is 7.03. The molecule has 0 N–H and O–H groups in total. The molecule has 0 saturated carbocycles. The molecule has 2 rings (SSSR count). The van der Waals surface area contributed by atoms with Crippen LogP contribution in [0.1, 0.15) is 27.7 Å². The van der Waals surface area contributed by atoms with Crippen LogP contribution >= 0.6 is 15.9 Å². The standard InChI is InChI=1S/C21H27BrOSi/c1-5-18(16-22)17-23-24(21(2,3)4,19-12-8-6-9-13-19)20-14-10-7-11-15-20/h5-15H,16-17H2,1-4H3/b18-5+. The lowest BCUT2D eigenvalue weighted by Crippen LogP contribution is -2.66. The number of halogens is 1. The number of rotatable bonds is 6. The molecule has 0 unspecified atom stereocenters. The van der Waals surface area contributed by atoms with E-state index in [0.717, 1.165) is 5.33 Å². The lowest BCUT2D eigenvalue weighted by atomic mass is 10.2. The van der Waals surface area contributed by atoms with Gasteiger partial charge in [-0.25, -0.2) is 0 Å². The number of allylic oxidation sites excluding steroid dienone is 1. The lowest BCUT2D eigenvalue weighted by molar-refractivity contribution is 0.330. The van der Waals surface area contributed by atoms with Gasteiger partial charge in [-0.05, 0) is 27.9 Å². The third-order valence-electron chi connectivity index (χ3n) is 4.47. The molecule has 0 atom stereocenters. The number of alkyl halides is 1. The van der Waals surface area contributed by atoms with E-state index in [4.69, 9.17) is 4.43 Å². The molecule has 0 fully saturated rings. The highest BCUT2D eigenvalue weighted by atomic mass is 79.9. The van der Waals surface area contributed by atoms with Gasteiger partial charge in [0.15, 0.2) is 0 Å². The summed E-state index contributed by atoms with van der Waals surface area (Å²) in [6, 6.07) is 21.6. The van der Waals surface area contributed by atoms with Crippen LogP contribution in [0.3, 0.4) is 0 Å². The van der Waals surface area contributed by atoms with Crippen molar-refractivity contribution in [3.63, 3.8) is 0 Å². The maximum atomic E-state index is 6.85. The van der Waals surface area contributed by atoms with Crippen LogP contribution in [-0.4, -0.2) is 20.3 Å². The van der Waals surface area contributed by atoms with Crippen LogP contribution < -0.4 is 10.4 Å². The van der Waals surface area contributed by atoms with Gasteiger partial charge >= 0.3 is 0 Å². The van der Waals surface area contributed by atoms with Crippen molar-refractivity contribution in [2.45, 2.75) is 32.7 Å². The number of benzene rings is 2. The highest BCUT2D eigenvalue weighted by Gasteiger charge is 2.50. The summed E-state index contributed by atoms with van der Waals surface area (Å²) in [7, 11) is -2.41. The Kier molecular flexibility index (Phi) is 6.61. The van der Waals surface area contributed by atoms with E-state index in [1.54, 1.807) is 0 Å². The van der Waals surface area contributed by atoms with Gasteiger partial charge in [0.1, 0.15) is 0 Å². The molecule has 2 aromatic carbocycles. The summed E-state index contributed by atoms with van der Waals surface area (Å²) in [6.45, 7) is 9.66. The molecule has 128 valence electrons. The summed E-state index contributed by atoms with van der Waals surface area (Å²) < 4.78 is 6.85. The van der Waals surface area contributed by atoms with E-state index in [1.807, 2.05) is 0 Å². The lowest BCUT2D eigenvalue weighted by Gasteiger charge is -2.43. The van der Waals surface area contributed by atoms with E-state index in [0.29, 0.717) is 6.61 Å². The van der Waals surface area contributed by atoms with E-state index in [1.165, 1.54) is 15.9 Å². The zero-order valence-electron chi connectivity index (χ0n) is 15.1. The highest BCUT2D eigenvalue weighted by molar-refractivity contribution is 9.09. The molecule has 0 spiro atoms. The van der Waals surface area contributed by atoms with Crippen LogP contribution in [0.2, 0.25) is 5.04 Å². The molecule has 24 heavy (non-hydrogen) atoms. The van der Waals surface area contributed by atoms with Crippen LogP contribution in [0.5, 0.6) is 0 Å². The Hall–Kier alpha value is -1.16. The van der Waals surface area contributed by atoms with Crippen LogP contribution in [0.25, 0.3) is 0 Å². The van der Waals surface area contributed by atoms with Crippen molar-refractivity contribution in [1.82, 2.24) is 0 Å². The maximum absolute atomic E-state index is 6.85. The van der Waals surface area contributed by atoms with Crippen molar-refractivity contribution in [2.24, 2.45) is 0 Å². The van der Waals surface area contributed by atoms with Gasteiger partial charge in [-0.15, -0.1) is 0 Å². The Balaban J connectivity index is 2.61. The monoisotopic (exact) mass is 402 g/mol. The normalized spacial score (nSPS) is 13.1. The Morgan fingerprint density at radius 2 is 1.42 bits per heavy atom. The van der Waals surface area contributed by atoms with Crippen LogP contribution in [0, 0.1) is 0 Å². The van der Waals surface area contributed by atoms with E-state index in [-0.39, 0.29) is 5.04 Å². The molecule has 3 heteroatoms. The summed E-state index contributed by atoms with van der Waals surface area (Å²) in [5.74, 6) is 0. The molecule has 0 bridgehead atoms. The van der Waals surface area contributed by atoms with Crippen molar-refractivity contribution in [1.29, 1.82) is 0 Å². The fraction of sp³-hybridized carbons (Fsp3) is 0.333.